The highest BCUT2D eigenvalue weighted by molar-refractivity contribution is 5.94. The Balaban J connectivity index is 1.28. The van der Waals surface area contributed by atoms with Crippen LogP contribution in [0.15, 0.2) is 36.4 Å². The van der Waals surface area contributed by atoms with Crippen LogP contribution in [0.25, 0.3) is 0 Å². The van der Waals surface area contributed by atoms with Gasteiger partial charge in [-0.1, -0.05) is 18.2 Å². The smallest absolute Gasteiger partial charge is 0.224 e. The van der Waals surface area contributed by atoms with Crippen LogP contribution in [0.2, 0.25) is 0 Å². The maximum atomic E-state index is 12.8. The van der Waals surface area contributed by atoms with Crippen molar-refractivity contribution in [3.05, 3.63) is 58.7 Å². The van der Waals surface area contributed by atoms with Gasteiger partial charge in [0.1, 0.15) is 5.75 Å². The minimum Gasteiger partial charge on any atom is -0.494 e. The lowest BCUT2D eigenvalue weighted by Crippen LogP contribution is -2.30. The van der Waals surface area contributed by atoms with Crippen molar-refractivity contribution in [2.75, 3.05) is 18.5 Å². The number of hydrogen-bond donors (Lipinski definition) is 1. The molecule has 5 heteroatoms. The molecule has 1 fully saturated rings. The number of hydrogen-bond acceptors (Lipinski definition) is 3. The van der Waals surface area contributed by atoms with E-state index < -0.39 is 0 Å². The first-order chi connectivity index (χ1) is 14.5. The first kappa shape index (κ1) is 20.5. The standard InChI is InChI=1S/C25H30N2O3/c1-17-7-8-20(15-18(17)2)23-5-3-13-27(23)25(29)6-4-14-30-21-10-11-22-19(16-21)9-12-24(28)26-22/h7-8,10-11,15-16,23H,3-6,9,12-14H2,1-2H3,(H,26,28). The monoisotopic (exact) mass is 406 g/mol. The summed E-state index contributed by atoms with van der Waals surface area (Å²) in [6, 6.07) is 12.5. The molecule has 0 aliphatic carbocycles. The van der Waals surface area contributed by atoms with Crippen molar-refractivity contribution in [3.8, 4) is 5.75 Å². The lowest BCUT2D eigenvalue weighted by atomic mass is 9.99. The second-order valence-corrected chi connectivity index (χ2v) is 8.41. The van der Waals surface area contributed by atoms with E-state index in [1.807, 2.05) is 23.1 Å². The molecule has 1 saturated heterocycles. The summed E-state index contributed by atoms with van der Waals surface area (Å²) >= 11 is 0. The highest BCUT2D eigenvalue weighted by Crippen LogP contribution is 2.33. The van der Waals surface area contributed by atoms with Crippen LogP contribution in [0.1, 0.15) is 60.4 Å². The minimum absolute atomic E-state index is 0.0655. The van der Waals surface area contributed by atoms with Crippen LogP contribution in [0.5, 0.6) is 5.75 Å². The van der Waals surface area contributed by atoms with Crippen molar-refractivity contribution in [2.45, 2.75) is 58.4 Å². The van der Waals surface area contributed by atoms with Gasteiger partial charge in [0, 0.05) is 25.1 Å². The average Bonchev–Trinajstić information content (AvgIpc) is 3.23. The number of carbonyl (C=O) groups is 2. The van der Waals surface area contributed by atoms with Crippen LogP contribution in [0, 0.1) is 13.8 Å². The Morgan fingerprint density at radius 2 is 2.00 bits per heavy atom. The lowest BCUT2D eigenvalue weighted by Gasteiger charge is -2.26. The molecule has 2 aromatic carbocycles. The van der Waals surface area contributed by atoms with E-state index in [0.29, 0.717) is 25.9 Å². The van der Waals surface area contributed by atoms with Crippen LogP contribution in [0.4, 0.5) is 5.69 Å². The molecule has 2 aliphatic heterocycles. The Labute approximate surface area is 178 Å². The van der Waals surface area contributed by atoms with Gasteiger partial charge in [-0.2, -0.15) is 0 Å². The fraction of sp³-hybridized carbons (Fsp3) is 0.440. The van der Waals surface area contributed by atoms with Crippen molar-refractivity contribution in [1.29, 1.82) is 0 Å². The molecule has 1 atom stereocenters. The van der Waals surface area contributed by atoms with E-state index in [0.717, 1.165) is 42.8 Å². The minimum atomic E-state index is 0.0655. The second kappa shape index (κ2) is 8.90. The Kier molecular flexibility index (Phi) is 6.07. The zero-order valence-electron chi connectivity index (χ0n) is 17.9. The number of anilines is 1. The number of ether oxygens (including phenoxy) is 1. The number of rotatable bonds is 6. The molecule has 0 aromatic heterocycles. The molecule has 0 bridgehead atoms. The Morgan fingerprint density at radius 1 is 1.13 bits per heavy atom. The van der Waals surface area contributed by atoms with Gasteiger partial charge in [-0.3, -0.25) is 9.59 Å². The number of nitrogens with one attached hydrogen (secondary N) is 1. The summed E-state index contributed by atoms with van der Waals surface area (Å²) in [6.07, 6.45) is 4.56. The molecule has 0 saturated carbocycles. The predicted octanol–water partition coefficient (Wildman–Crippen LogP) is 4.71. The van der Waals surface area contributed by atoms with E-state index in [-0.39, 0.29) is 17.9 Å². The lowest BCUT2D eigenvalue weighted by molar-refractivity contribution is -0.132. The topological polar surface area (TPSA) is 58.6 Å². The predicted molar refractivity (Wildman–Crippen MR) is 118 cm³/mol. The molecular weight excluding hydrogens is 376 g/mol. The van der Waals surface area contributed by atoms with Gasteiger partial charge in [0.15, 0.2) is 0 Å². The fourth-order valence-corrected chi connectivity index (χ4v) is 4.39. The van der Waals surface area contributed by atoms with E-state index in [4.69, 9.17) is 4.74 Å². The molecule has 0 radical (unpaired) electrons. The molecule has 158 valence electrons. The first-order valence-corrected chi connectivity index (χ1v) is 10.9. The summed E-state index contributed by atoms with van der Waals surface area (Å²) in [5.41, 5.74) is 5.80. The van der Waals surface area contributed by atoms with E-state index in [1.54, 1.807) is 0 Å². The Bertz CT molecular complexity index is 953. The highest BCUT2D eigenvalue weighted by atomic mass is 16.5. The third kappa shape index (κ3) is 4.50. The summed E-state index contributed by atoms with van der Waals surface area (Å²) < 4.78 is 5.87. The van der Waals surface area contributed by atoms with E-state index >= 15 is 0 Å². The molecule has 2 amide bonds. The summed E-state index contributed by atoms with van der Waals surface area (Å²) in [5, 5.41) is 2.88. The third-order valence-corrected chi connectivity index (χ3v) is 6.26. The van der Waals surface area contributed by atoms with Crippen molar-refractivity contribution in [2.24, 2.45) is 0 Å². The van der Waals surface area contributed by atoms with Gasteiger partial charge in [-0.05, 0) is 80.0 Å². The molecule has 2 heterocycles. The largest absolute Gasteiger partial charge is 0.494 e. The summed E-state index contributed by atoms with van der Waals surface area (Å²) in [6.45, 7) is 5.61. The van der Waals surface area contributed by atoms with Gasteiger partial charge < -0.3 is 15.0 Å². The first-order valence-electron chi connectivity index (χ1n) is 10.9. The highest BCUT2D eigenvalue weighted by Gasteiger charge is 2.29. The molecule has 0 spiro atoms. The van der Waals surface area contributed by atoms with Crippen molar-refractivity contribution in [1.82, 2.24) is 4.90 Å². The maximum Gasteiger partial charge on any atom is 0.224 e. The summed E-state index contributed by atoms with van der Waals surface area (Å²) in [4.78, 5) is 26.4. The summed E-state index contributed by atoms with van der Waals surface area (Å²) in [5.74, 6) is 1.08. The number of nitrogens with zero attached hydrogens (tertiary/aromatic N) is 1. The van der Waals surface area contributed by atoms with Gasteiger partial charge in [0.05, 0.1) is 12.6 Å². The zero-order valence-corrected chi connectivity index (χ0v) is 17.9. The maximum absolute atomic E-state index is 12.8. The van der Waals surface area contributed by atoms with Gasteiger partial charge in [-0.25, -0.2) is 0 Å². The molecule has 2 aromatic rings. The van der Waals surface area contributed by atoms with Gasteiger partial charge in [-0.15, -0.1) is 0 Å². The van der Waals surface area contributed by atoms with Crippen LogP contribution >= 0.6 is 0 Å². The second-order valence-electron chi connectivity index (χ2n) is 8.41. The molecular formula is C25H30N2O3. The third-order valence-electron chi connectivity index (χ3n) is 6.26. The normalized spacial score (nSPS) is 18.1. The molecule has 2 aliphatic rings. The van der Waals surface area contributed by atoms with Crippen molar-refractivity contribution < 1.29 is 14.3 Å². The Morgan fingerprint density at radius 3 is 2.83 bits per heavy atom. The van der Waals surface area contributed by atoms with Crippen LogP contribution in [0.3, 0.4) is 0 Å². The van der Waals surface area contributed by atoms with Crippen molar-refractivity contribution in [3.63, 3.8) is 0 Å². The number of carbonyl (C=O) groups excluding carboxylic acids is 2. The zero-order chi connectivity index (χ0) is 21.1. The number of fused-ring (bicyclic) bond motifs is 1. The van der Waals surface area contributed by atoms with E-state index in [2.05, 4.69) is 37.4 Å². The average molecular weight is 407 g/mol. The quantitative estimate of drug-likeness (QED) is 0.707. The molecule has 4 rings (SSSR count). The number of likely N-dealkylation sites (tertiary alicyclic amines) is 1. The summed E-state index contributed by atoms with van der Waals surface area (Å²) in [7, 11) is 0. The van der Waals surface area contributed by atoms with E-state index in [1.165, 1.54) is 16.7 Å². The van der Waals surface area contributed by atoms with E-state index in [9.17, 15) is 9.59 Å². The van der Waals surface area contributed by atoms with Crippen LogP contribution < -0.4 is 10.1 Å². The number of amides is 2. The fourth-order valence-electron chi connectivity index (χ4n) is 4.39. The van der Waals surface area contributed by atoms with Gasteiger partial charge in [0.2, 0.25) is 11.8 Å². The molecule has 30 heavy (non-hydrogen) atoms. The molecule has 5 nitrogen and oxygen atoms in total. The molecule has 1 unspecified atom stereocenters. The number of aryl methyl sites for hydroxylation is 3. The Hall–Kier alpha value is -2.82. The van der Waals surface area contributed by atoms with Gasteiger partial charge in [0.25, 0.3) is 0 Å². The molecule has 1 N–H and O–H groups in total. The number of benzene rings is 2. The van der Waals surface area contributed by atoms with Crippen LogP contribution in [-0.2, 0) is 16.0 Å². The van der Waals surface area contributed by atoms with Crippen LogP contribution in [-0.4, -0.2) is 29.9 Å². The van der Waals surface area contributed by atoms with Crippen molar-refractivity contribution >= 4 is 17.5 Å². The SMILES string of the molecule is Cc1ccc(C2CCCN2C(=O)CCCOc2ccc3c(c2)CCC(=O)N3)cc1C. The van der Waals surface area contributed by atoms with Gasteiger partial charge >= 0.3 is 0 Å².